The zero-order valence-corrected chi connectivity index (χ0v) is 10.3. The Morgan fingerprint density at radius 1 is 1.33 bits per heavy atom. The van der Waals surface area contributed by atoms with E-state index in [2.05, 4.69) is 20.5 Å². The van der Waals surface area contributed by atoms with Gasteiger partial charge in [0.1, 0.15) is 5.82 Å². The van der Waals surface area contributed by atoms with E-state index in [1.54, 1.807) is 6.92 Å². The fourth-order valence-corrected chi connectivity index (χ4v) is 2.22. The number of amides is 2. The summed E-state index contributed by atoms with van der Waals surface area (Å²) in [6, 6.07) is 0.0758. The molecule has 1 aliphatic carbocycles. The first-order valence-electron chi connectivity index (χ1n) is 6.05. The third kappa shape index (κ3) is 2.85. The van der Waals surface area contributed by atoms with E-state index in [0.29, 0.717) is 5.82 Å². The lowest BCUT2D eigenvalue weighted by Gasteiger charge is -2.26. The molecule has 0 aliphatic heterocycles. The van der Waals surface area contributed by atoms with Gasteiger partial charge < -0.3 is 11.1 Å². The molecule has 2 amide bonds. The first-order chi connectivity index (χ1) is 8.56. The second-order valence-electron chi connectivity index (χ2n) is 4.67. The maximum atomic E-state index is 11.8. The van der Waals surface area contributed by atoms with E-state index in [1.807, 2.05) is 0 Å². The number of hydrogen-bond donors (Lipinski definition) is 3. The fourth-order valence-electron chi connectivity index (χ4n) is 2.22. The molecule has 1 saturated carbocycles. The summed E-state index contributed by atoms with van der Waals surface area (Å²) in [6.45, 7) is 1.74. The third-order valence-electron chi connectivity index (χ3n) is 3.27. The molecule has 0 radical (unpaired) electrons. The van der Waals surface area contributed by atoms with Gasteiger partial charge in [0.2, 0.25) is 11.7 Å². The van der Waals surface area contributed by atoms with E-state index in [0.717, 1.165) is 25.7 Å². The van der Waals surface area contributed by atoms with E-state index in [1.165, 1.54) is 0 Å². The SMILES string of the molecule is Cc1nc(C(=O)NC2CCC(C(N)=O)CC2)n[nH]1. The van der Waals surface area contributed by atoms with Crippen molar-refractivity contribution in [3.63, 3.8) is 0 Å². The standard InChI is InChI=1S/C11H17N5O2/c1-6-13-10(16-15-6)11(18)14-8-4-2-7(3-5-8)9(12)17/h7-8H,2-5H2,1H3,(H2,12,17)(H,14,18)(H,13,15,16). The fraction of sp³-hybridized carbons (Fsp3) is 0.636. The molecule has 0 aromatic carbocycles. The molecule has 7 heteroatoms. The molecule has 1 aliphatic rings. The van der Waals surface area contributed by atoms with E-state index >= 15 is 0 Å². The first kappa shape index (κ1) is 12.5. The molecule has 2 rings (SSSR count). The van der Waals surface area contributed by atoms with Gasteiger partial charge in [0.25, 0.3) is 5.91 Å². The molecule has 1 heterocycles. The number of hydrogen-bond acceptors (Lipinski definition) is 4. The average Bonchev–Trinajstić information content (AvgIpc) is 2.76. The van der Waals surface area contributed by atoms with Gasteiger partial charge in [-0.05, 0) is 32.6 Å². The highest BCUT2D eigenvalue weighted by atomic mass is 16.2. The maximum absolute atomic E-state index is 11.8. The van der Waals surface area contributed by atoms with Crippen LogP contribution in [0.5, 0.6) is 0 Å². The van der Waals surface area contributed by atoms with E-state index in [4.69, 9.17) is 5.73 Å². The summed E-state index contributed by atoms with van der Waals surface area (Å²) in [5.41, 5.74) is 5.26. The van der Waals surface area contributed by atoms with Crippen LogP contribution in [0.25, 0.3) is 0 Å². The Morgan fingerprint density at radius 3 is 2.50 bits per heavy atom. The molecule has 0 spiro atoms. The summed E-state index contributed by atoms with van der Waals surface area (Å²) < 4.78 is 0. The predicted octanol–water partition coefficient (Wildman–Crippen LogP) is -0.113. The van der Waals surface area contributed by atoms with Crippen LogP contribution in [0.15, 0.2) is 0 Å². The second-order valence-corrected chi connectivity index (χ2v) is 4.67. The van der Waals surface area contributed by atoms with Crippen LogP contribution in [-0.4, -0.2) is 33.0 Å². The molecule has 7 nitrogen and oxygen atoms in total. The number of carbonyl (C=O) groups is 2. The number of nitrogens with one attached hydrogen (secondary N) is 2. The monoisotopic (exact) mass is 251 g/mol. The van der Waals surface area contributed by atoms with Crippen molar-refractivity contribution >= 4 is 11.8 Å². The predicted molar refractivity (Wildman–Crippen MR) is 63.5 cm³/mol. The number of nitrogens with two attached hydrogens (primary N) is 1. The highest BCUT2D eigenvalue weighted by Crippen LogP contribution is 2.23. The van der Waals surface area contributed by atoms with Crippen LogP contribution in [-0.2, 0) is 4.79 Å². The van der Waals surface area contributed by atoms with Gasteiger partial charge in [-0.1, -0.05) is 0 Å². The Kier molecular flexibility index (Phi) is 3.59. The number of nitrogens with zero attached hydrogens (tertiary/aromatic N) is 2. The number of primary amides is 1. The van der Waals surface area contributed by atoms with Crippen LogP contribution >= 0.6 is 0 Å². The smallest absolute Gasteiger partial charge is 0.291 e. The van der Waals surface area contributed by atoms with Gasteiger partial charge >= 0.3 is 0 Å². The highest BCUT2D eigenvalue weighted by molar-refractivity contribution is 5.90. The number of aromatic amines is 1. The maximum Gasteiger partial charge on any atom is 0.291 e. The quantitative estimate of drug-likeness (QED) is 0.695. The molecular weight excluding hydrogens is 234 g/mol. The van der Waals surface area contributed by atoms with Gasteiger partial charge in [0.05, 0.1) is 0 Å². The number of H-pyrrole nitrogens is 1. The lowest BCUT2D eigenvalue weighted by Crippen LogP contribution is -2.40. The minimum Gasteiger partial charge on any atom is -0.369 e. The van der Waals surface area contributed by atoms with Crippen LogP contribution in [0.2, 0.25) is 0 Å². The molecule has 1 aromatic heterocycles. The minimum absolute atomic E-state index is 0.0519. The molecule has 18 heavy (non-hydrogen) atoms. The molecule has 0 unspecified atom stereocenters. The van der Waals surface area contributed by atoms with Crippen molar-refractivity contribution in [3.8, 4) is 0 Å². The number of rotatable bonds is 3. The Hall–Kier alpha value is -1.92. The van der Waals surface area contributed by atoms with E-state index < -0.39 is 0 Å². The van der Waals surface area contributed by atoms with Crippen LogP contribution in [0.1, 0.15) is 42.1 Å². The van der Waals surface area contributed by atoms with Crippen molar-refractivity contribution < 1.29 is 9.59 Å². The van der Waals surface area contributed by atoms with Crippen molar-refractivity contribution in [1.82, 2.24) is 20.5 Å². The van der Waals surface area contributed by atoms with Crippen LogP contribution in [0.4, 0.5) is 0 Å². The van der Waals surface area contributed by atoms with Gasteiger partial charge in [-0.2, -0.15) is 0 Å². The van der Waals surface area contributed by atoms with Crippen molar-refractivity contribution in [2.45, 2.75) is 38.6 Å². The van der Waals surface area contributed by atoms with Gasteiger partial charge in [-0.3, -0.25) is 14.7 Å². The van der Waals surface area contributed by atoms with Gasteiger partial charge in [0.15, 0.2) is 0 Å². The summed E-state index contributed by atoms with van der Waals surface area (Å²) in [7, 11) is 0. The Labute approximate surface area is 105 Å². The van der Waals surface area contributed by atoms with Crippen molar-refractivity contribution in [2.75, 3.05) is 0 Å². The largest absolute Gasteiger partial charge is 0.369 e. The number of aryl methyl sites for hydroxylation is 1. The Morgan fingerprint density at radius 2 is 2.00 bits per heavy atom. The topological polar surface area (TPSA) is 114 Å². The summed E-state index contributed by atoms with van der Waals surface area (Å²) in [5, 5.41) is 9.30. The summed E-state index contributed by atoms with van der Waals surface area (Å²) in [5.74, 6) is 0.192. The van der Waals surface area contributed by atoms with Crippen LogP contribution < -0.4 is 11.1 Å². The van der Waals surface area contributed by atoms with Crippen molar-refractivity contribution in [3.05, 3.63) is 11.6 Å². The zero-order chi connectivity index (χ0) is 13.1. The normalized spacial score (nSPS) is 23.6. The molecular formula is C11H17N5O2. The molecule has 98 valence electrons. The highest BCUT2D eigenvalue weighted by Gasteiger charge is 2.26. The van der Waals surface area contributed by atoms with Crippen molar-refractivity contribution in [2.24, 2.45) is 11.7 Å². The molecule has 0 bridgehead atoms. The van der Waals surface area contributed by atoms with Crippen LogP contribution in [0.3, 0.4) is 0 Å². The molecule has 0 atom stereocenters. The van der Waals surface area contributed by atoms with E-state index in [9.17, 15) is 9.59 Å². The molecule has 4 N–H and O–H groups in total. The summed E-state index contributed by atoms with van der Waals surface area (Å²) in [4.78, 5) is 26.8. The molecule has 1 aromatic rings. The molecule has 0 saturated heterocycles. The number of carbonyl (C=O) groups excluding carboxylic acids is 2. The Bertz CT molecular complexity index is 448. The third-order valence-corrected chi connectivity index (χ3v) is 3.27. The van der Waals surface area contributed by atoms with Gasteiger partial charge in [-0.15, -0.1) is 5.10 Å². The minimum atomic E-state index is -0.276. The van der Waals surface area contributed by atoms with Gasteiger partial charge in [-0.25, -0.2) is 4.98 Å². The van der Waals surface area contributed by atoms with Crippen molar-refractivity contribution in [1.29, 1.82) is 0 Å². The lowest BCUT2D eigenvalue weighted by molar-refractivity contribution is -0.122. The zero-order valence-electron chi connectivity index (χ0n) is 10.3. The van der Waals surface area contributed by atoms with Gasteiger partial charge in [0, 0.05) is 12.0 Å². The average molecular weight is 251 g/mol. The van der Waals surface area contributed by atoms with Crippen LogP contribution in [0, 0.1) is 12.8 Å². The second kappa shape index (κ2) is 5.16. The summed E-state index contributed by atoms with van der Waals surface area (Å²) >= 11 is 0. The number of aromatic nitrogens is 3. The Balaban J connectivity index is 1.85. The molecule has 1 fully saturated rings. The van der Waals surface area contributed by atoms with E-state index in [-0.39, 0.29) is 29.6 Å². The lowest BCUT2D eigenvalue weighted by atomic mass is 9.85. The summed E-state index contributed by atoms with van der Waals surface area (Å²) in [6.07, 6.45) is 2.99. The first-order valence-corrected chi connectivity index (χ1v) is 6.05.